The maximum Gasteiger partial charge on any atom is 0.258 e. The summed E-state index contributed by atoms with van der Waals surface area (Å²) in [5.74, 6) is 3.33. The second-order valence-electron chi connectivity index (χ2n) is 6.10. The highest BCUT2D eigenvalue weighted by Gasteiger charge is 2.26. The predicted octanol–water partition coefficient (Wildman–Crippen LogP) is 4.31. The van der Waals surface area contributed by atoms with Gasteiger partial charge in [-0.3, -0.25) is 4.79 Å². The van der Waals surface area contributed by atoms with Crippen molar-refractivity contribution in [2.24, 2.45) is 0 Å². The molecule has 1 N–H and O–H groups in total. The Kier molecular flexibility index (Phi) is 3.90. The van der Waals surface area contributed by atoms with Crippen molar-refractivity contribution in [2.75, 3.05) is 17.9 Å². The van der Waals surface area contributed by atoms with Gasteiger partial charge in [0.1, 0.15) is 5.00 Å². The number of amides is 1. The first kappa shape index (κ1) is 15.8. The third-order valence-electron chi connectivity index (χ3n) is 4.50. The van der Waals surface area contributed by atoms with Crippen LogP contribution in [0.4, 0.5) is 5.69 Å². The van der Waals surface area contributed by atoms with Crippen LogP contribution in [-0.2, 0) is 12.2 Å². The lowest BCUT2D eigenvalue weighted by Crippen LogP contribution is -2.16. The summed E-state index contributed by atoms with van der Waals surface area (Å²) in [5.41, 5.74) is 2.69. The number of ether oxygens (including phenoxy) is 2. The third kappa shape index (κ3) is 2.68. The van der Waals surface area contributed by atoms with Crippen LogP contribution in [0.15, 0.2) is 42.7 Å². The van der Waals surface area contributed by atoms with E-state index in [0.717, 1.165) is 28.5 Å². The maximum absolute atomic E-state index is 13.2. The monoisotopic (exact) mass is 384 g/mol. The molecule has 3 aromatic rings. The van der Waals surface area contributed by atoms with Crippen LogP contribution in [0, 0.1) is 0 Å². The molecule has 1 amide bonds. The fourth-order valence-corrected chi connectivity index (χ4v) is 5.72. The number of rotatable bonds is 3. The van der Waals surface area contributed by atoms with Gasteiger partial charge < -0.3 is 19.4 Å². The Morgan fingerprint density at radius 3 is 2.88 bits per heavy atom. The molecule has 7 heteroatoms. The number of nitrogens with zero attached hydrogens (tertiary/aromatic N) is 1. The minimum absolute atomic E-state index is 0.0723. The van der Waals surface area contributed by atoms with Gasteiger partial charge in [0.05, 0.1) is 5.56 Å². The van der Waals surface area contributed by atoms with E-state index >= 15 is 0 Å². The first-order chi connectivity index (χ1) is 12.8. The van der Waals surface area contributed by atoms with Gasteiger partial charge in [0.15, 0.2) is 11.5 Å². The molecule has 4 heterocycles. The molecule has 0 fully saturated rings. The summed E-state index contributed by atoms with van der Waals surface area (Å²) in [6, 6.07) is 9.43. The maximum atomic E-state index is 13.2. The van der Waals surface area contributed by atoms with Crippen LogP contribution < -0.4 is 14.8 Å². The number of thioether (sulfide) groups is 1. The molecule has 5 nitrogen and oxygen atoms in total. The Hall–Kier alpha value is -2.38. The summed E-state index contributed by atoms with van der Waals surface area (Å²) in [4.78, 5) is 14.5. The second kappa shape index (κ2) is 6.41. The second-order valence-corrected chi connectivity index (χ2v) is 8.29. The van der Waals surface area contributed by atoms with E-state index in [1.54, 1.807) is 11.3 Å². The van der Waals surface area contributed by atoms with Gasteiger partial charge in [-0.05, 0) is 42.0 Å². The van der Waals surface area contributed by atoms with E-state index in [-0.39, 0.29) is 12.7 Å². The Balaban J connectivity index is 1.52. The zero-order chi connectivity index (χ0) is 17.5. The normalized spacial score (nSPS) is 14.9. The Morgan fingerprint density at radius 2 is 2.00 bits per heavy atom. The molecule has 5 rings (SSSR count). The molecule has 0 saturated heterocycles. The highest BCUT2D eigenvalue weighted by molar-refractivity contribution is 7.98. The lowest BCUT2D eigenvalue weighted by molar-refractivity contribution is 0.102. The molecule has 2 aromatic heterocycles. The van der Waals surface area contributed by atoms with Gasteiger partial charge in [0.2, 0.25) is 6.79 Å². The number of aromatic nitrogens is 1. The van der Waals surface area contributed by atoms with Crippen molar-refractivity contribution in [1.82, 2.24) is 4.57 Å². The highest BCUT2D eigenvalue weighted by Crippen LogP contribution is 2.39. The average Bonchev–Trinajstić information content (AvgIpc) is 3.39. The minimum Gasteiger partial charge on any atom is -0.454 e. The fourth-order valence-electron chi connectivity index (χ4n) is 3.27. The van der Waals surface area contributed by atoms with E-state index in [2.05, 4.69) is 5.32 Å². The molecule has 0 unspecified atom stereocenters. The molecule has 0 atom stereocenters. The van der Waals surface area contributed by atoms with E-state index in [9.17, 15) is 4.79 Å². The third-order valence-corrected chi connectivity index (χ3v) is 6.91. The Morgan fingerprint density at radius 1 is 1.15 bits per heavy atom. The summed E-state index contributed by atoms with van der Waals surface area (Å²) >= 11 is 3.64. The molecule has 1 aromatic carbocycles. The number of carbonyl (C=O) groups is 1. The van der Waals surface area contributed by atoms with E-state index < -0.39 is 0 Å². The molecule has 2 aliphatic heterocycles. The number of nitrogens with one attached hydrogen (secondary N) is 1. The van der Waals surface area contributed by atoms with E-state index in [4.69, 9.17) is 9.47 Å². The number of benzene rings is 1. The summed E-state index contributed by atoms with van der Waals surface area (Å²) < 4.78 is 12.8. The topological polar surface area (TPSA) is 52.5 Å². The van der Waals surface area contributed by atoms with Crippen LogP contribution >= 0.6 is 23.1 Å². The molecule has 132 valence electrons. The first-order valence-electron chi connectivity index (χ1n) is 8.36. The lowest BCUT2D eigenvalue weighted by Gasteiger charge is -2.13. The van der Waals surface area contributed by atoms with Gasteiger partial charge >= 0.3 is 0 Å². The average molecular weight is 384 g/mol. The van der Waals surface area contributed by atoms with Crippen LogP contribution in [-0.4, -0.2) is 23.0 Å². The molecular weight excluding hydrogens is 368 g/mol. The quantitative estimate of drug-likeness (QED) is 0.731. The molecule has 0 radical (unpaired) electrons. The smallest absolute Gasteiger partial charge is 0.258 e. The van der Waals surface area contributed by atoms with E-state index in [1.165, 1.54) is 10.4 Å². The van der Waals surface area contributed by atoms with Crippen LogP contribution in [0.3, 0.4) is 0 Å². The van der Waals surface area contributed by atoms with Gasteiger partial charge in [-0.15, -0.1) is 11.3 Å². The summed E-state index contributed by atoms with van der Waals surface area (Å²) in [6.07, 6.45) is 4.91. The van der Waals surface area contributed by atoms with Gasteiger partial charge in [-0.2, -0.15) is 11.8 Å². The number of hydrogen-bond acceptors (Lipinski definition) is 5. The number of hydrogen-bond donors (Lipinski definition) is 1. The van der Waals surface area contributed by atoms with Crippen molar-refractivity contribution < 1.29 is 14.3 Å². The molecule has 2 aliphatic rings. The van der Waals surface area contributed by atoms with Gasteiger partial charge in [-0.25, -0.2) is 0 Å². The fraction of sp³-hybridized carbons (Fsp3) is 0.211. The molecular formula is C19H16N2O3S2. The summed E-state index contributed by atoms with van der Waals surface area (Å²) in [5, 5.41) is 4.03. The van der Waals surface area contributed by atoms with Gasteiger partial charge in [0, 0.05) is 34.8 Å². The highest BCUT2D eigenvalue weighted by atomic mass is 32.2. The minimum atomic E-state index is -0.0723. The Bertz CT molecular complexity index is 979. The summed E-state index contributed by atoms with van der Waals surface area (Å²) in [6.45, 7) is 0.222. The van der Waals surface area contributed by atoms with Crippen molar-refractivity contribution in [3.05, 3.63) is 58.7 Å². The van der Waals surface area contributed by atoms with Crippen molar-refractivity contribution in [2.45, 2.75) is 12.2 Å². The predicted molar refractivity (Wildman–Crippen MR) is 104 cm³/mol. The molecule has 0 saturated carbocycles. The zero-order valence-electron chi connectivity index (χ0n) is 13.9. The van der Waals surface area contributed by atoms with Crippen LogP contribution in [0.5, 0.6) is 11.5 Å². The molecule has 0 aliphatic carbocycles. The van der Waals surface area contributed by atoms with Gasteiger partial charge in [0.25, 0.3) is 5.91 Å². The van der Waals surface area contributed by atoms with E-state index in [1.807, 2.05) is 59.1 Å². The standard InChI is InChI=1S/C19H16N2O3S2/c22-18(20-12-3-4-14-15(9-12)24-11-23-14)17-13-5-8-25-10-16(13)26-19(17)21-6-1-2-7-21/h1-4,6-7,9H,5,8,10-11H2,(H,20,22). The SMILES string of the molecule is O=C(Nc1ccc2c(c1)OCO2)c1c(-n2cccc2)sc2c1CCSC2. The van der Waals surface area contributed by atoms with Crippen LogP contribution in [0.2, 0.25) is 0 Å². The van der Waals surface area contributed by atoms with Gasteiger partial charge in [-0.1, -0.05) is 0 Å². The van der Waals surface area contributed by atoms with E-state index in [0.29, 0.717) is 17.2 Å². The Labute approximate surface area is 158 Å². The van der Waals surface area contributed by atoms with Crippen molar-refractivity contribution in [3.63, 3.8) is 0 Å². The summed E-state index contributed by atoms with van der Waals surface area (Å²) in [7, 11) is 0. The molecule has 26 heavy (non-hydrogen) atoms. The number of fused-ring (bicyclic) bond motifs is 2. The van der Waals surface area contributed by atoms with Crippen LogP contribution in [0.1, 0.15) is 20.8 Å². The molecule has 0 spiro atoms. The first-order valence-corrected chi connectivity index (χ1v) is 10.3. The van der Waals surface area contributed by atoms with Crippen molar-refractivity contribution >= 4 is 34.7 Å². The van der Waals surface area contributed by atoms with Crippen molar-refractivity contribution in [3.8, 4) is 16.5 Å². The number of anilines is 1. The lowest BCUT2D eigenvalue weighted by atomic mass is 10.1. The van der Waals surface area contributed by atoms with Crippen molar-refractivity contribution in [1.29, 1.82) is 0 Å². The molecule has 0 bridgehead atoms. The largest absolute Gasteiger partial charge is 0.454 e. The van der Waals surface area contributed by atoms with Crippen LogP contribution in [0.25, 0.3) is 5.00 Å². The zero-order valence-corrected chi connectivity index (χ0v) is 15.5. The number of thiophene rings is 1. The number of carbonyl (C=O) groups excluding carboxylic acids is 1.